The number of methoxy groups -OCH3 is 1. The summed E-state index contributed by atoms with van der Waals surface area (Å²) < 4.78 is 11.0. The zero-order chi connectivity index (χ0) is 15.2. The predicted octanol–water partition coefficient (Wildman–Crippen LogP) is 3.26. The Labute approximate surface area is 121 Å². The number of ether oxygens (including phenoxy) is 2. The summed E-state index contributed by atoms with van der Waals surface area (Å²) in [5.74, 6) is 1.27. The highest BCUT2D eigenvalue weighted by Gasteiger charge is 2.13. The normalized spacial score (nSPS) is 12.6. The molecular formula is C16H24N2O2. The smallest absolute Gasteiger partial charge is 0.184 e. The number of benzene rings is 1. The Bertz CT molecular complexity index is 472. The molecule has 4 nitrogen and oxygen atoms in total. The van der Waals surface area contributed by atoms with Crippen LogP contribution in [0.5, 0.6) is 11.5 Å². The van der Waals surface area contributed by atoms with Crippen LogP contribution in [0, 0.1) is 11.3 Å². The van der Waals surface area contributed by atoms with Gasteiger partial charge in [0.05, 0.1) is 7.11 Å². The lowest BCUT2D eigenvalue weighted by atomic mass is 10.1. The molecule has 0 aliphatic heterocycles. The molecule has 0 spiro atoms. The maximum absolute atomic E-state index is 8.95. The van der Waals surface area contributed by atoms with Gasteiger partial charge in [0.25, 0.3) is 0 Å². The van der Waals surface area contributed by atoms with Crippen molar-refractivity contribution in [3.63, 3.8) is 0 Å². The van der Waals surface area contributed by atoms with Crippen LogP contribution in [0.1, 0.15) is 39.7 Å². The van der Waals surface area contributed by atoms with E-state index in [9.17, 15) is 0 Å². The van der Waals surface area contributed by atoms with E-state index in [1.165, 1.54) is 0 Å². The highest BCUT2D eigenvalue weighted by atomic mass is 16.5. The lowest BCUT2D eigenvalue weighted by Gasteiger charge is -2.21. The van der Waals surface area contributed by atoms with Gasteiger partial charge >= 0.3 is 0 Å². The zero-order valence-electron chi connectivity index (χ0n) is 13.0. The van der Waals surface area contributed by atoms with Crippen LogP contribution < -0.4 is 14.8 Å². The van der Waals surface area contributed by atoms with E-state index in [4.69, 9.17) is 14.7 Å². The third-order valence-electron chi connectivity index (χ3n) is 2.83. The van der Waals surface area contributed by atoms with Gasteiger partial charge in [0.15, 0.2) is 17.6 Å². The van der Waals surface area contributed by atoms with Crippen molar-refractivity contribution in [2.45, 2.75) is 52.3 Å². The molecule has 0 aromatic heterocycles. The highest BCUT2D eigenvalue weighted by Crippen LogP contribution is 2.29. The maximum Gasteiger partial charge on any atom is 0.184 e. The van der Waals surface area contributed by atoms with Crippen LogP contribution >= 0.6 is 0 Å². The van der Waals surface area contributed by atoms with Gasteiger partial charge in [0.1, 0.15) is 6.07 Å². The largest absolute Gasteiger partial charge is 0.493 e. The van der Waals surface area contributed by atoms with Gasteiger partial charge in [-0.15, -0.1) is 0 Å². The van der Waals surface area contributed by atoms with Gasteiger partial charge in [0.2, 0.25) is 0 Å². The summed E-state index contributed by atoms with van der Waals surface area (Å²) in [6, 6.07) is 7.91. The molecule has 4 heteroatoms. The first kappa shape index (κ1) is 16.3. The molecule has 1 aromatic carbocycles. The molecule has 1 rings (SSSR count). The van der Waals surface area contributed by atoms with E-state index in [0.717, 1.165) is 12.1 Å². The third kappa shape index (κ3) is 5.10. The van der Waals surface area contributed by atoms with Crippen LogP contribution in [0.25, 0.3) is 0 Å². The molecule has 0 fully saturated rings. The fourth-order valence-electron chi connectivity index (χ4n) is 1.64. The third-order valence-corrected chi connectivity index (χ3v) is 2.83. The van der Waals surface area contributed by atoms with Crippen LogP contribution in [0.4, 0.5) is 0 Å². The number of nitrogens with zero attached hydrogens (tertiary/aromatic N) is 1. The first-order valence-electron chi connectivity index (χ1n) is 6.87. The summed E-state index contributed by atoms with van der Waals surface area (Å²) in [5.41, 5.74) is 1.19. The average molecular weight is 276 g/mol. The van der Waals surface area contributed by atoms with Gasteiger partial charge in [-0.25, -0.2) is 0 Å². The van der Waals surface area contributed by atoms with Crippen molar-refractivity contribution in [2.75, 3.05) is 7.11 Å². The van der Waals surface area contributed by atoms with Gasteiger partial charge in [0, 0.05) is 12.1 Å². The molecule has 0 heterocycles. The lowest BCUT2D eigenvalue weighted by Crippen LogP contribution is -2.35. The second kappa shape index (κ2) is 7.16. The molecule has 20 heavy (non-hydrogen) atoms. The molecule has 0 aliphatic rings. The maximum atomic E-state index is 8.95. The molecule has 1 aromatic rings. The summed E-state index contributed by atoms with van der Waals surface area (Å²) in [7, 11) is 1.61. The van der Waals surface area contributed by atoms with Crippen molar-refractivity contribution in [1.82, 2.24) is 5.32 Å². The monoisotopic (exact) mass is 276 g/mol. The number of nitrogens with one attached hydrogen (secondary N) is 1. The second-order valence-electron chi connectivity index (χ2n) is 5.73. The summed E-state index contributed by atoms with van der Waals surface area (Å²) in [4.78, 5) is 0. The number of hydrogen-bond acceptors (Lipinski definition) is 4. The summed E-state index contributed by atoms with van der Waals surface area (Å²) in [5, 5.41) is 12.4. The van der Waals surface area contributed by atoms with Crippen LogP contribution in [0.2, 0.25) is 0 Å². The fourth-order valence-corrected chi connectivity index (χ4v) is 1.64. The highest BCUT2D eigenvalue weighted by molar-refractivity contribution is 5.43. The summed E-state index contributed by atoms with van der Waals surface area (Å²) in [6.45, 7) is 9.05. The van der Waals surface area contributed by atoms with Crippen LogP contribution in [0.15, 0.2) is 18.2 Å². The predicted molar refractivity (Wildman–Crippen MR) is 79.9 cm³/mol. The van der Waals surface area contributed by atoms with Crippen molar-refractivity contribution in [2.24, 2.45) is 0 Å². The second-order valence-corrected chi connectivity index (χ2v) is 5.73. The van der Waals surface area contributed by atoms with Crippen molar-refractivity contribution in [1.29, 1.82) is 5.26 Å². The molecule has 0 amide bonds. The van der Waals surface area contributed by atoms with E-state index in [2.05, 4.69) is 32.2 Å². The van der Waals surface area contributed by atoms with E-state index in [1.807, 2.05) is 25.1 Å². The standard InChI is InChI=1S/C16H24N2O2/c1-6-13(10-17)20-14-8-7-12(9-15(14)19-5)11-18-16(2,3)4/h7-9,13,18H,6,11H2,1-5H3. The Balaban J connectivity index is 2.83. The van der Waals surface area contributed by atoms with Crippen LogP contribution in [-0.2, 0) is 6.54 Å². The van der Waals surface area contributed by atoms with Gasteiger partial charge < -0.3 is 14.8 Å². The first-order valence-corrected chi connectivity index (χ1v) is 6.87. The minimum atomic E-state index is -0.442. The number of hydrogen-bond donors (Lipinski definition) is 1. The minimum Gasteiger partial charge on any atom is -0.493 e. The van der Waals surface area contributed by atoms with E-state index in [-0.39, 0.29) is 5.54 Å². The van der Waals surface area contributed by atoms with Gasteiger partial charge in [-0.3, -0.25) is 0 Å². The van der Waals surface area contributed by atoms with Crippen LogP contribution in [-0.4, -0.2) is 18.8 Å². The Morgan fingerprint density at radius 1 is 1.30 bits per heavy atom. The average Bonchev–Trinajstić information content (AvgIpc) is 2.42. The van der Waals surface area contributed by atoms with Crippen LogP contribution in [0.3, 0.4) is 0 Å². The molecule has 1 unspecified atom stereocenters. The first-order chi connectivity index (χ1) is 9.39. The molecule has 110 valence electrons. The Morgan fingerprint density at radius 2 is 2.00 bits per heavy atom. The van der Waals surface area contributed by atoms with E-state index < -0.39 is 6.10 Å². The number of rotatable bonds is 6. The topological polar surface area (TPSA) is 54.3 Å². The minimum absolute atomic E-state index is 0.0660. The molecule has 0 saturated heterocycles. The molecule has 1 N–H and O–H groups in total. The molecule has 1 atom stereocenters. The Hall–Kier alpha value is -1.73. The molecule has 0 radical (unpaired) electrons. The number of nitriles is 1. The fraction of sp³-hybridized carbons (Fsp3) is 0.562. The van der Waals surface area contributed by atoms with Crippen molar-refractivity contribution >= 4 is 0 Å². The Kier molecular flexibility index (Phi) is 5.84. The lowest BCUT2D eigenvalue weighted by molar-refractivity contribution is 0.238. The summed E-state index contributed by atoms with van der Waals surface area (Å²) >= 11 is 0. The zero-order valence-corrected chi connectivity index (χ0v) is 13.0. The van der Waals surface area contributed by atoms with Crippen molar-refractivity contribution < 1.29 is 9.47 Å². The van der Waals surface area contributed by atoms with E-state index in [0.29, 0.717) is 17.9 Å². The van der Waals surface area contributed by atoms with Crippen molar-refractivity contribution in [3.8, 4) is 17.6 Å². The molecular weight excluding hydrogens is 252 g/mol. The molecule has 0 aliphatic carbocycles. The Morgan fingerprint density at radius 3 is 2.50 bits per heavy atom. The van der Waals surface area contributed by atoms with Gasteiger partial charge in [-0.2, -0.15) is 5.26 Å². The van der Waals surface area contributed by atoms with Gasteiger partial charge in [-0.05, 0) is 44.9 Å². The summed E-state index contributed by atoms with van der Waals surface area (Å²) in [6.07, 6.45) is 0.204. The van der Waals surface area contributed by atoms with Crippen molar-refractivity contribution in [3.05, 3.63) is 23.8 Å². The SMILES string of the molecule is CCC(C#N)Oc1ccc(CNC(C)(C)C)cc1OC. The molecule has 0 saturated carbocycles. The molecule has 0 bridgehead atoms. The van der Waals surface area contributed by atoms with E-state index >= 15 is 0 Å². The quantitative estimate of drug-likeness (QED) is 0.866. The van der Waals surface area contributed by atoms with E-state index in [1.54, 1.807) is 7.11 Å². The van der Waals surface area contributed by atoms with Gasteiger partial charge in [-0.1, -0.05) is 13.0 Å².